The maximum Gasteiger partial charge on any atom is 0.225 e. The van der Waals surface area contributed by atoms with Crippen molar-refractivity contribution in [3.63, 3.8) is 0 Å². The molecule has 2 rings (SSSR count). The highest BCUT2D eigenvalue weighted by molar-refractivity contribution is 7.88. The van der Waals surface area contributed by atoms with Crippen molar-refractivity contribution >= 4 is 33.2 Å². The summed E-state index contributed by atoms with van der Waals surface area (Å²) in [6, 6.07) is 6.81. The van der Waals surface area contributed by atoms with Crippen molar-refractivity contribution in [2.75, 3.05) is 24.7 Å². The van der Waals surface area contributed by atoms with Gasteiger partial charge in [-0.2, -0.15) is 0 Å². The number of allylic oxidation sites excluding steroid dienone is 1. The topological polar surface area (TPSA) is 66.5 Å². The van der Waals surface area contributed by atoms with Gasteiger partial charge in [0.1, 0.15) is 0 Å². The summed E-state index contributed by atoms with van der Waals surface area (Å²) in [7, 11) is -3.33. The van der Waals surface area contributed by atoms with Gasteiger partial charge in [0.2, 0.25) is 15.9 Å². The number of carbonyl (C=O) groups is 1. The van der Waals surface area contributed by atoms with Crippen molar-refractivity contribution in [1.82, 2.24) is 4.31 Å². The van der Waals surface area contributed by atoms with E-state index < -0.39 is 10.0 Å². The Morgan fingerprint density at radius 1 is 1.20 bits per heavy atom. The largest absolute Gasteiger partial charge is 0.326 e. The summed E-state index contributed by atoms with van der Waals surface area (Å²) in [4.78, 5) is 12.1. The second kappa shape index (κ2) is 9.36. The molecule has 138 valence electrons. The average molecular weight is 385 g/mol. The molecular weight excluding hydrogens is 360 g/mol. The number of halogens is 1. The molecule has 0 bridgehead atoms. The minimum atomic E-state index is -3.33. The number of nitrogens with one attached hydrogen (secondary N) is 1. The van der Waals surface area contributed by atoms with Crippen molar-refractivity contribution in [2.45, 2.75) is 38.5 Å². The summed E-state index contributed by atoms with van der Waals surface area (Å²) >= 11 is 5.81. The number of nitrogens with zero attached hydrogens (tertiary/aromatic N) is 1. The Morgan fingerprint density at radius 2 is 1.92 bits per heavy atom. The van der Waals surface area contributed by atoms with Gasteiger partial charge >= 0.3 is 0 Å². The van der Waals surface area contributed by atoms with Gasteiger partial charge in [-0.15, -0.1) is 0 Å². The van der Waals surface area contributed by atoms with Crippen LogP contribution in [0.25, 0.3) is 0 Å². The van der Waals surface area contributed by atoms with Crippen LogP contribution in [0.5, 0.6) is 0 Å². The lowest BCUT2D eigenvalue weighted by Gasteiger charge is -2.21. The van der Waals surface area contributed by atoms with E-state index in [9.17, 15) is 13.2 Å². The van der Waals surface area contributed by atoms with E-state index in [0.29, 0.717) is 17.3 Å². The third kappa shape index (κ3) is 7.18. The maximum absolute atomic E-state index is 12.1. The third-order valence-electron chi connectivity index (χ3n) is 4.25. The first-order chi connectivity index (χ1) is 11.8. The lowest BCUT2D eigenvalue weighted by atomic mass is 9.97. The number of amides is 1. The van der Waals surface area contributed by atoms with Crippen molar-refractivity contribution < 1.29 is 13.2 Å². The summed E-state index contributed by atoms with van der Waals surface area (Å²) in [6.45, 7) is 0.616. The number of hydrogen-bond acceptors (Lipinski definition) is 3. The van der Waals surface area contributed by atoms with Crippen LogP contribution in [-0.2, 0) is 14.8 Å². The second-order valence-corrected chi connectivity index (χ2v) is 8.74. The Balaban J connectivity index is 1.85. The minimum Gasteiger partial charge on any atom is -0.326 e. The number of anilines is 1. The molecular formula is C18H25ClN2O3S. The SMILES string of the molecule is CS(=O)(=O)N(CCC(=O)Nc1ccc(Cl)cc1)CCC1=CCCCC1. The van der Waals surface area contributed by atoms with Crippen molar-refractivity contribution in [3.8, 4) is 0 Å². The summed E-state index contributed by atoms with van der Waals surface area (Å²) < 4.78 is 25.3. The number of hydrogen-bond donors (Lipinski definition) is 1. The van der Waals surface area contributed by atoms with Crippen molar-refractivity contribution in [3.05, 3.63) is 40.9 Å². The van der Waals surface area contributed by atoms with Crippen molar-refractivity contribution in [1.29, 1.82) is 0 Å². The van der Waals surface area contributed by atoms with Gasteiger partial charge < -0.3 is 5.32 Å². The van der Waals surface area contributed by atoms with Crippen LogP contribution >= 0.6 is 11.6 Å². The lowest BCUT2D eigenvalue weighted by molar-refractivity contribution is -0.116. The van der Waals surface area contributed by atoms with Crippen LogP contribution in [0.3, 0.4) is 0 Å². The fourth-order valence-corrected chi connectivity index (χ4v) is 3.80. The Kier molecular flexibility index (Phi) is 7.47. The van der Waals surface area contributed by atoms with Gasteiger partial charge in [-0.3, -0.25) is 4.79 Å². The molecule has 0 aliphatic heterocycles. The van der Waals surface area contributed by atoms with E-state index in [1.54, 1.807) is 24.3 Å². The first-order valence-corrected chi connectivity index (χ1v) is 10.8. The molecule has 7 heteroatoms. The highest BCUT2D eigenvalue weighted by Crippen LogP contribution is 2.21. The predicted octanol–water partition coefficient (Wildman–Crippen LogP) is 3.82. The van der Waals surface area contributed by atoms with Gasteiger partial charge in [0.25, 0.3) is 0 Å². The molecule has 0 radical (unpaired) electrons. The normalized spacial score (nSPS) is 15.1. The van der Waals surface area contributed by atoms with Gasteiger partial charge in [0, 0.05) is 30.2 Å². The molecule has 1 N–H and O–H groups in total. The fourth-order valence-electron chi connectivity index (χ4n) is 2.83. The molecule has 25 heavy (non-hydrogen) atoms. The number of benzene rings is 1. The molecule has 5 nitrogen and oxygen atoms in total. The monoisotopic (exact) mass is 384 g/mol. The van der Waals surface area contributed by atoms with Crippen molar-refractivity contribution in [2.24, 2.45) is 0 Å². The molecule has 1 aliphatic carbocycles. The highest BCUT2D eigenvalue weighted by Gasteiger charge is 2.18. The van der Waals surface area contributed by atoms with Gasteiger partial charge in [-0.1, -0.05) is 23.3 Å². The molecule has 0 saturated heterocycles. The van der Waals surface area contributed by atoms with E-state index in [4.69, 9.17) is 11.6 Å². The Labute approximate surface area is 155 Å². The van der Waals surface area contributed by atoms with Crippen LogP contribution < -0.4 is 5.32 Å². The highest BCUT2D eigenvalue weighted by atomic mass is 35.5. The van der Waals surface area contributed by atoms with Gasteiger partial charge in [-0.05, 0) is 56.4 Å². The quantitative estimate of drug-likeness (QED) is 0.693. The Bertz CT molecular complexity index is 714. The molecule has 0 saturated carbocycles. The van der Waals surface area contributed by atoms with Gasteiger partial charge in [0.15, 0.2) is 0 Å². The third-order valence-corrected chi connectivity index (χ3v) is 5.81. The summed E-state index contributed by atoms with van der Waals surface area (Å²) in [5.41, 5.74) is 1.97. The standard InChI is InChI=1S/C18H25ClN2O3S/c1-25(23,24)21(13-11-15-5-3-2-4-6-15)14-12-18(22)20-17-9-7-16(19)8-10-17/h5,7-10H,2-4,6,11-14H2,1H3,(H,20,22). The molecule has 0 spiro atoms. The number of rotatable bonds is 8. The first-order valence-electron chi connectivity index (χ1n) is 8.53. The zero-order valence-electron chi connectivity index (χ0n) is 14.5. The van der Waals surface area contributed by atoms with E-state index in [2.05, 4.69) is 11.4 Å². The molecule has 0 unspecified atom stereocenters. The van der Waals surface area contributed by atoms with Crippen LogP contribution in [0.4, 0.5) is 5.69 Å². The molecule has 1 amide bonds. The molecule has 0 heterocycles. The fraction of sp³-hybridized carbons (Fsp3) is 0.500. The Morgan fingerprint density at radius 3 is 2.52 bits per heavy atom. The first kappa shape index (κ1) is 19.9. The van der Waals surface area contributed by atoms with Gasteiger partial charge in [-0.25, -0.2) is 12.7 Å². The molecule has 0 atom stereocenters. The smallest absolute Gasteiger partial charge is 0.225 e. The van der Waals surface area contributed by atoms with Crippen LogP contribution in [0.2, 0.25) is 5.02 Å². The van der Waals surface area contributed by atoms with Crippen LogP contribution in [0.1, 0.15) is 38.5 Å². The summed E-state index contributed by atoms with van der Waals surface area (Å²) in [5.74, 6) is -0.215. The Hall–Kier alpha value is -1.37. The number of sulfonamides is 1. The van der Waals surface area contributed by atoms with E-state index in [-0.39, 0.29) is 18.9 Å². The molecule has 0 fully saturated rings. The van der Waals surface area contributed by atoms with Crippen LogP contribution in [0, 0.1) is 0 Å². The van der Waals surface area contributed by atoms with E-state index >= 15 is 0 Å². The molecule has 1 aliphatic rings. The molecule has 1 aromatic carbocycles. The maximum atomic E-state index is 12.1. The summed E-state index contributed by atoms with van der Waals surface area (Å²) in [6.07, 6.45) is 8.79. The second-order valence-electron chi connectivity index (χ2n) is 6.33. The molecule has 1 aromatic rings. The van der Waals surface area contributed by atoms with Crippen LogP contribution in [-0.4, -0.2) is 38.0 Å². The van der Waals surface area contributed by atoms with Crippen LogP contribution in [0.15, 0.2) is 35.9 Å². The summed E-state index contributed by atoms with van der Waals surface area (Å²) in [5, 5.41) is 3.35. The average Bonchev–Trinajstić information content (AvgIpc) is 2.56. The zero-order chi connectivity index (χ0) is 18.3. The van der Waals surface area contributed by atoms with E-state index in [1.165, 1.54) is 29.0 Å². The minimum absolute atomic E-state index is 0.120. The lowest BCUT2D eigenvalue weighted by Crippen LogP contribution is -2.34. The van der Waals surface area contributed by atoms with E-state index in [0.717, 1.165) is 19.3 Å². The predicted molar refractivity (Wildman–Crippen MR) is 102 cm³/mol. The van der Waals surface area contributed by atoms with Gasteiger partial charge in [0.05, 0.1) is 6.26 Å². The molecule has 0 aromatic heterocycles. The number of carbonyl (C=O) groups excluding carboxylic acids is 1. The zero-order valence-corrected chi connectivity index (χ0v) is 16.1. The van der Waals surface area contributed by atoms with E-state index in [1.807, 2.05) is 0 Å².